The Labute approximate surface area is 176 Å². The molecule has 0 aromatic heterocycles. The van der Waals surface area contributed by atoms with Gasteiger partial charge < -0.3 is 10.2 Å². The molecule has 1 saturated heterocycles. The highest BCUT2D eigenvalue weighted by Crippen LogP contribution is 2.18. The van der Waals surface area contributed by atoms with Crippen molar-refractivity contribution in [2.45, 2.75) is 13.0 Å². The molecule has 2 aliphatic rings. The largest absolute Gasteiger partial charge is 0.337 e. The van der Waals surface area contributed by atoms with Crippen LogP contribution in [0.4, 0.5) is 10.1 Å². The molecule has 0 bridgehead atoms. The van der Waals surface area contributed by atoms with Gasteiger partial charge in [0.2, 0.25) is 11.8 Å². The number of nitrogens with zero attached hydrogens (tertiary/aromatic N) is 3. The second kappa shape index (κ2) is 9.36. The smallest absolute Gasteiger partial charge is 0.238 e. The molecule has 158 valence electrons. The second-order valence-corrected chi connectivity index (χ2v) is 7.94. The Morgan fingerprint density at radius 1 is 0.867 bits per heavy atom. The lowest BCUT2D eigenvalue weighted by atomic mass is 10.00. The molecule has 2 aromatic carbocycles. The molecule has 1 fully saturated rings. The standard InChI is InChI=1S/C23H27FN4O2/c24-20-6-3-7-21(14-20)25-22(29)16-26-10-12-27(13-11-26)17-23(30)28-9-8-18-4-1-2-5-19(18)15-28/h1-7,14H,8-13,15-17H2,(H,25,29). The lowest BCUT2D eigenvalue weighted by molar-refractivity contribution is -0.134. The molecule has 6 nitrogen and oxygen atoms in total. The summed E-state index contributed by atoms with van der Waals surface area (Å²) in [6.07, 6.45) is 0.913. The summed E-state index contributed by atoms with van der Waals surface area (Å²) < 4.78 is 13.2. The maximum atomic E-state index is 13.2. The lowest BCUT2D eigenvalue weighted by Gasteiger charge is -2.36. The molecule has 2 heterocycles. The van der Waals surface area contributed by atoms with Gasteiger partial charge in [0, 0.05) is 45.0 Å². The van der Waals surface area contributed by atoms with Crippen LogP contribution in [-0.2, 0) is 22.6 Å². The fourth-order valence-electron chi connectivity index (χ4n) is 4.08. The van der Waals surface area contributed by atoms with Crippen LogP contribution in [0.3, 0.4) is 0 Å². The first kappa shape index (κ1) is 20.5. The third-order valence-electron chi connectivity index (χ3n) is 5.78. The van der Waals surface area contributed by atoms with Crippen molar-refractivity contribution < 1.29 is 14.0 Å². The Balaban J connectivity index is 1.20. The van der Waals surface area contributed by atoms with Crippen molar-refractivity contribution in [1.29, 1.82) is 0 Å². The quantitative estimate of drug-likeness (QED) is 0.819. The zero-order valence-electron chi connectivity index (χ0n) is 17.0. The molecule has 7 heteroatoms. The summed E-state index contributed by atoms with van der Waals surface area (Å²) >= 11 is 0. The van der Waals surface area contributed by atoms with Crippen molar-refractivity contribution in [3.8, 4) is 0 Å². The van der Waals surface area contributed by atoms with E-state index in [1.54, 1.807) is 12.1 Å². The number of hydrogen-bond acceptors (Lipinski definition) is 4. The summed E-state index contributed by atoms with van der Waals surface area (Å²) in [5.41, 5.74) is 3.05. The monoisotopic (exact) mass is 410 g/mol. The predicted molar refractivity (Wildman–Crippen MR) is 113 cm³/mol. The van der Waals surface area contributed by atoms with Gasteiger partial charge in [0.1, 0.15) is 5.82 Å². The Kier molecular flexibility index (Phi) is 6.40. The number of fused-ring (bicyclic) bond motifs is 1. The normalized spacial score (nSPS) is 17.4. The molecule has 4 rings (SSSR count). The minimum absolute atomic E-state index is 0.155. The maximum absolute atomic E-state index is 13.2. The maximum Gasteiger partial charge on any atom is 0.238 e. The number of rotatable bonds is 5. The molecule has 0 atom stereocenters. The number of hydrogen-bond donors (Lipinski definition) is 1. The first-order valence-corrected chi connectivity index (χ1v) is 10.4. The molecule has 2 aromatic rings. The molecule has 1 N–H and O–H groups in total. The van der Waals surface area contributed by atoms with Crippen LogP contribution in [0.1, 0.15) is 11.1 Å². The highest BCUT2D eigenvalue weighted by molar-refractivity contribution is 5.92. The van der Waals surface area contributed by atoms with E-state index >= 15 is 0 Å². The molecule has 0 aliphatic carbocycles. The van der Waals surface area contributed by atoms with E-state index in [0.717, 1.165) is 39.1 Å². The minimum atomic E-state index is -0.372. The van der Waals surface area contributed by atoms with Crippen LogP contribution in [0.15, 0.2) is 48.5 Å². The summed E-state index contributed by atoms with van der Waals surface area (Å²) in [4.78, 5) is 31.1. The lowest BCUT2D eigenvalue weighted by Crippen LogP contribution is -2.51. The van der Waals surface area contributed by atoms with E-state index in [9.17, 15) is 14.0 Å². The van der Waals surface area contributed by atoms with Gasteiger partial charge in [0.15, 0.2) is 0 Å². The van der Waals surface area contributed by atoms with Crippen LogP contribution < -0.4 is 5.32 Å². The van der Waals surface area contributed by atoms with Gasteiger partial charge in [-0.1, -0.05) is 30.3 Å². The molecule has 0 unspecified atom stereocenters. The molecule has 2 amide bonds. The number of carbonyl (C=O) groups is 2. The first-order chi connectivity index (χ1) is 14.6. The summed E-state index contributed by atoms with van der Waals surface area (Å²) in [6.45, 7) is 5.12. The molecule has 30 heavy (non-hydrogen) atoms. The van der Waals surface area contributed by atoms with E-state index in [1.807, 2.05) is 17.0 Å². The molecule has 2 aliphatic heterocycles. The van der Waals surface area contributed by atoms with Crippen LogP contribution in [0.5, 0.6) is 0 Å². The van der Waals surface area contributed by atoms with Gasteiger partial charge in [-0.2, -0.15) is 0 Å². The van der Waals surface area contributed by atoms with Crippen molar-refractivity contribution in [1.82, 2.24) is 14.7 Å². The Hall–Kier alpha value is -2.77. The molecule has 0 saturated carbocycles. The molecule has 0 spiro atoms. The van der Waals surface area contributed by atoms with Crippen molar-refractivity contribution in [2.24, 2.45) is 0 Å². The number of carbonyl (C=O) groups excluding carboxylic acids is 2. The topological polar surface area (TPSA) is 55.9 Å². The second-order valence-electron chi connectivity index (χ2n) is 7.94. The van der Waals surface area contributed by atoms with Crippen molar-refractivity contribution in [3.63, 3.8) is 0 Å². The third kappa shape index (κ3) is 5.23. The summed E-state index contributed by atoms with van der Waals surface area (Å²) in [7, 11) is 0. The van der Waals surface area contributed by atoms with Gasteiger partial charge in [-0.05, 0) is 35.7 Å². The first-order valence-electron chi connectivity index (χ1n) is 10.4. The Morgan fingerprint density at radius 2 is 1.57 bits per heavy atom. The van der Waals surface area contributed by atoms with Crippen molar-refractivity contribution >= 4 is 17.5 Å². The Bertz CT molecular complexity index is 912. The summed E-state index contributed by atoms with van der Waals surface area (Å²) in [5, 5.41) is 2.73. The van der Waals surface area contributed by atoms with Crippen LogP contribution in [0, 0.1) is 5.82 Å². The summed E-state index contributed by atoms with van der Waals surface area (Å²) in [5.74, 6) is -0.359. The Morgan fingerprint density at radius 3 is 2.30 bits per heavy atom. The number of amides is 2. The average Bonchev–Trinajstić information content (AvgIpc) is 2.74. The van der Waals surface area contributed by atoms with E-state index in [4.69, 9.17) is 0 Å². The molecular formula is C23H27FN4O2. The van der Waals surface area contributed by atoms with E-state index in [-0.39, 0.29) is 24.2 Å². The highest BCUT2D eigenvalue weighted by atomic mass is 19.1. The average molecular weight is 410 g/mol. The predicted octanol–water partition coefficient (Wildman–Crippen LogP) is 1.97. The number of piperazine rings is 1. The zero-order valence-corrected chi connectivity index (χ0v) is 17.0. The zero-order chi connectivity index (χ0) is 20.9. The fraction of sp³-hybridized carbons (Fsp3) is 0.391. The highest BCUT2D eigenvalue weighted by Gasteiger charge is 2.25. The number of anilines is 1. The van der Waals surface area contributed by atoms with E-state index in [1.165, 1.54) is 23.3 Å². The SMILES string of the molecule is O=C(CN1CCN(CC(=O)N2CCc3ccccc3C2)CC1)Nc1cccc(F)c1. The van der Waals surface area contributed by atoms with Crippen LogP contribution in [0.2, 0.25) is 0 Å². The van der Waals surface area contributed by atoms with Crippen LogP contribution >= 0.6 is 0 Å². The third-order valence-corrected chi connectivity index (χ3v) is 5.78. The van der Waals surface area contributed by atoms with Crippen LogP contribution in [0.25, 0.3) is 0 Å². The minimum Gasteiger partial charge on any atom is -0.337 e. The van der Waals surface area contributed by atoms with Crippen LogP contribution in [-0.4, -0.2) is 72.3 Å². The van der Waals surface area contributed by atoms with Crippen molar-refractivity contribution in [2.75, 3.05) is 51.1 Å². The van der Waals surface area contributed by atoms with Gasteiger partial charge in [-0.25, -0.2) is 4.39 Å². The van der Waals surface area contributed by atoms with Gasteiger partial charge >= 0.3 is 0 Å². The van der Waals surface area contributed by atoms with Gasteiger partial charge in [-0.3, -0.25) is 19.4 Å². The van der Waals surface area contributed by atoms with E-state index in [2.05, 4.69) is 27.2 Å². The summed E-state index contributed by atoms with van der Waals surface area (Å²) in [6, 6.07) is 14.2. The molecule has 0 radical (unpaired) electrons. The van der Waals surface area contributed by atoms with Crippen molar-refractivity contribution in [3.05, 3.63) is 65.5 Å². The number of halogens is 1. The number of nitrogens with one attached hydrogen (secondary N) is 1. The van der Waals surface area contributed by atoms with Gasteiger partial charge in [0.05, 0.1) is 13.1 Å². The van der Waals surface area contributed by atoms with Gasteiger partial charge in [0.25, 0.3) is 0 Å². The number of benzene rings is 2. The van der Waals surface area contributed by atoms with E-state index < -0.39 is 0 Å². The van der Waals surface area contributed by atoms with Gasteiger partial charge in [-0.15, -0.1) is 0 Å². The molecular weight excluding hydrogens is 383 g/mol. The van der Waals surface area contributed by atoms with E-state index in [0.29, 0.717) is 18.8 Å². The fourth-order valence-corrected chi connectivity index (χ4v) is 4.08.